The van der Waals surface area contributed by atoms with Crippen LogP contribution in [0.5, 0.6) is 0 Å². The Morgan fingerprint density at radius 1 is 1.21 bits per heavy atom. The summed E-state index contributed by atoms with van der Waals surface area (Å²) in [4.78, 5) is 14.3. The van der Waals surface area contributed by atoms with Crippen LogP contribution < -0.4 is 0 Å². The van der Waals surface area contributed by atoms with Crippen LogP contribution in [0.25, 0.3) is 0 Å². The van der Waals surface area contributed by atoms with Crippen molar-refractivity contribution in [2.24, 2.45) is 17.3 Å². The van der Waals surface area contributed by atoms with Crippen LogP contribution in [0.2, 0.25) is 0 Å². The number of carbonyl (C=O) groups is 1. The van der Waals surface area contributed by atoms with Crippen molar-refractivity contribution in [3.63, 3.8) is 0 Å². The van der Waals surface area contributed by atoms with E-state index in [0.717, 1.165) is 31.7 Å². The summed E-state index contributed by atoms with van der Waals surface area (Å²) in [7, 11) is 0. The van der Waals surface area contributed by atoms with Crippen molar-refractivity contribution in [2.75, 3.05) is 13.1 Å². The fourth-order valence-corrected chi connectivity index (χ4v) is 3.60. The van der Waals surface area contributed by atoms with Crippen LogP contribution in [-0.2, 0) is 4.79 Å². The average Bonchev–Trinajstić information content (AvgIpc) is 2.68. The molecule has 3 heteroatoms. The van der Waals surface area contributed by atoms with E-state index < -0.39 is 5.60 Å². The Balaban J connectivity index is 1.87. The first-order valence-corrected chi connectivity index (χ1v) is 7.70. The number of β-amino-alcohol motifs (C(OH)–C–C–N with tert-alkyl or cyclic N) is 1. The van der Waals surface area contributed by atoms with Gasteiger partial charge in [0.05, 0.1) is 5.60 Å². The molecule has 0 aromatic carbocycles. The summed E-state index contributed by atoms with van der Waals surface area (Å²) in [6.45, 7) is 9.99. The van der Waals surface area contributed by atoms with Gasteiger partial charge in [0.2, 0.25) is 5.91 Å². The minimum absolute atomic E-state index is 0.201. The van der Waals surface area contributed by atoms with E-state index in [1.165, 1.54) is 12.8 Å². The second-order valence-electron chi connectivity index (χ2n) is 7.92. The van der Waals surface area contributed by atoms with E-state index in [1.54, 1.807) is 0 Å². The van der Waals surface area contributed by atoms with Crippen molar-refractivity contribution in [1.82, 2.24) is 4.90 Å². The summed E-state index contributed by atoms with van der Waals surface area (Å²) in [5, 5.41) is 9.97. The normalized spacial score (nSPS) is 36.6. The molecule has 1 saturated heterocycles. The zero-order valence-electron chi connectivity index (χ0n) is 12.9. The van der Waals surface area contributed by atoms with E-state index in [-0.39, 0.29) is 11.8 Å². The summed E-state index contributed by atoms with van der Waals surface area (Å²) in [5.41, 5.74) is -0.302. The van der Waals surface area contributed by atoms with Gasteiger partial charge >= 0.3 is 0 Å². The van der Waals surface area contributed by atoms with Gasteiger partial charge in [-0.2, -0.15) is 0 Å². The second kappa shape index (κ2) is 5.08. The number of likely N-dealkylation sites (tertiary alicyclic amines) is 1. The lowest BCUT2D eigenvalue weighted by Crippen LogP contribution is -2.39. The Bertz CT molecular complexity index is 335. The van der Waals surface area contributed by atoms with Crippen LogP contribution >= 0.6 is 0 Å². The maximum Gasteiger partial charge on any atom is 0.225 e. The monoisotopic (exact) mass is 267 g/mol. The van der Waals surface area contributed by atoms with Crippen LogP contribution in [0, 0.1) is 17.3 Å². The van der Waals surface area contributed by atoms with Gasteiger partial charge in [0.1, 0.15) is 0 Å². The zero-order chi connectivity index (χ0) is 14.3. The van der Waals surface area contributed by atoms with Gasteiger partial charge in [-0.3, -0.25) is 4.79 Å². The Hall–Kier alpha value is -0.570. The number of aliphatic hydroxyl groups is 1. The smallest absolute Gasteiger partial charge is 0.225 e. The number of carbonyl (C=O) groups excluding carboxylic acids is 1. The molecular formula is C16H29NO2. The van der Waals surface area contributed by atoms with Crippen molar-refractivity contribution < 1.29 is 9.90 Å². The fourth-order valence-electron chi connectivity index (χ4n) is 3.60. The molecule has 1 aliphatic heterocycles. The van der Waals surface area contributed by atoms with E-state index in [9.17, 15) is 9.90 Å². The molecule has 1 heterocycles. The summed E-state index contributed by atoms with van der Waals surface area (Å²) >= 11 is 0. The van der Waals surface area contributed by atoms with Crippen molar-refractivity contribution in [3.8, 4) is 0 Å². The number of nitrogens with zero attached hydrogens (tertiary/aromatic N) is 1. The topological polar surface area (TPSA) is 40.5 Å². The van der Waals surface area contributed by atoms with Crippen molar-refractivity contribution in [1.29, 1.82) is 0 Å². The van der Waals surface area contributed by atoms with E-state index in [1.807, 2.05) is 11.8 Å². The molecular weight excluding hydrogens is 238 g/mol. The van der Waals surface area contributed by atoms with E-state index in [2.05, 4.69) is 20.8 Å². The SMILES string of the molecule is CC1(O)CCN(C(=O)C2CCC(C(C)(C)C)CC2)C1. The molecule has 1 aliphatic carbocycles. The first-order valence-electron chi connectivity index (χ1n) is 7.70. The molecule has 110 valence electrons. The predicted molar refractivity (Wildman–Crippen MR) is 76.7 cm³/mol. The molecule has 1 amide bonds. The van der Waals surface area contributed by atoms with Crippen molar-refractivity contribution in [2.45, 2.75) is 65.4 Å². The van der Waals surface area contributed by atoms with Crippen LogP contribution in [0.1, 0.15) is 59.8 Å². The molecule has 1 N–H and O–H groups in total. The highest BCUT2D eigenvalue weighted by atomic mass is 16.3. The highest BCUT2D eigenvalue weighted by Crippen LogP contribution is 2.40. The lowest BCUT2D eigenvalue weighted by atomic mass is 9.69. The van der Waals surface area contributed by atoms with E-state index >= 15 is 0 Å². The average molecular weight is 267 g/mol. The van der Waals surface area contributed by atoms with Crippen LogP contribution in [-0.4, -0.2) is 34.6 Å². The maximum atomic E-state index is 12.5. The molecule has 0 spiro atoms. The molecule has 1 unspecified atom stereocenters. The molecule has 2 rings (SSSR count). The number of rotatable bonds is 1. The molecule has 1 atom stereocenters. The number of hydrogen-bond donors (Lipinski definition) is 1. The summed E-state index contributed by atoms with van der Waals surface area (Å²) < 4.78 is 0. The van der Waals surface area contributed by atoms with Gasteiger partial charge in [0.25, 0.3) is 0 Å². The van der Waals surface area contributed by atoms with Crippen LogP contribution in [0.3, 0.4) is 0 Å². The summed E-state index contributed by atoms with van der Waals surface area (Å²) in [5.74, 6) is 1.23. The highest BCUT2D eigenvalue weighted by molar-refractivity contribution is 5.79. The van der Waals surface area contributed by atoms with Gasteiger partial charge in [-0.25, -0.2) is 0 Å². The predicted octanol–water partition coefficient (Wildman–Crippen LogP) is 2.82. The van der Waals surface area contributed by atoms with Gasteiger partial charge < -0.3 is 10.0 Å². The third-order valence-electron chi connectivity index (χ3n) is 5.06. The molecule has 2 aliphatic rings. The lowest BCUT2D eigenvalue weighted by molar-refractivity contribution is -0.137. The van der Waals surface area contributed by atoms with Crippen molar-refractivity contribution in [3.05, 3.63) is 0 Å². The Labute approximate surface area is 117 Å². The summed E-state index contributed by atoms with van der Waals surface area (Å²) in [6, 6.07) is 0. The van der Waals surface area contributed by atoms with Gasteiger partial charge in [-0.1, -0.05) is 20.8 Å². The summed E-state index contributed by atoms with van der Waals surface area (Å²) in [6.07, 6.45) is 5.11. The second-order valence-corrected chi connectivity index (χ2v) is 7.92. The highest BCUT2D eigenvalue weighted by Gasteiger charge is 2.38. The van der Waals surface area contributed by atoms with Gasteiger partial charge in [0, 0.05) is 19.0 Å². The molecule has 1 saturated carbocycles. The molecule has 19 heavy (non-hydrogen) atoms. The Morgan fingerprint density at radius 2 is 1.79 bits per heavy atom. The molecule has 3 nitrogen and oxygen atoms in total. The van der Waals surface area contributed by atoms with Gasteiger partial charge in [-0.05, 0) is 50.4 Å². The minimum Gasteiger partial charge on any atom is -0.388 e. The molecule has 0 radical (unpaired) electrons. The van der Waals surface area contributed by atoms with Gasteiger partial charge in [-0.15, -0.1) is 0 Å². The van der Waals surface area contributed by atoms with Crippen LogP contribution in [0.15, 0.2) is 0 Å². The first kappa shape index (κ1) is 14.8. The third-order valence-corrected chi connectivity index (χ3v) is 5.06. The molecule has 0 bridgehead atoms. The quantitative estimate of drug-likeness (QED) is 0.793. The minimum atomic E-state index is -0.668. The van der Waals surface area contributed by atoms with Crippen molar-refractivity contribution >= 4 is 5.91 Å². The maximum absolute atomic E-state index is 12.5. The Morgan fingerprint density at radius 3 is 2.21 bits per heavy atom. The van der Waals surface area contributed by atoms with Crippen LogP contribution in [0.4, 0.5) is 0 Å². The zero-order valence-corrected chi connectivity index (χ0v) is 12.9. The molecule has 2 fully saturated rings. The lowest BCUT2D eigenvalue weighted by Gasteiger charge is -2.37. The first-order chi connectivity index (χ1) is 8.69. The molecule has 0 aromatic rings. The third kappa shape index (κ3) is 3.50. The number of hydrogen-bond acceptors (Lipinski definition) is 2. The largest absolute Gasteiger partial charge is 0.388 e. The number of amides is 1. The fraction of sp³-hybridized carbons (Fsp3) is 0.938. The molecule has 0 aromatic heterocycles. The Kier molecular flexibility index (Phi) is 3.97. The van der Waals surface area contributed by atoms with Gasteiger partial charge in [0.15, 0.2) is 0 Å². The van der Waals surface area contributed by atoms with E-state index in [0.29, 0.717) is 12.0 Å². The standard InChI is InChI=1S/C16H29NO2/c1-15(2,3)13-7-5-12(6-8-13)14(18)17-10-9-16(4,19)11-17/h12-13,19H,5-11H2,1-4H3. The van der Waals surface area contributed by atoms with E-state index in [4.69, 9.17) is 0 Å².